The summed E-state index contributed by atoms with van der Waals surface area (Å²) in [6.07, 6.45) is 3.05. The topological polar surface area (TPSA) is 137 Å². The molecule has 2 atom stereocenters. The summed E-state index contributed by atoms with van der Waals surface area (Å²) in [5.74, 6) is -1.23. The molecule has 2 aromatic carbocycles. The van der Waals surface area contributed by atoms with Crippen LogP contribution in [0.15, 0.2) is 90.2 Å². The Kier molecular flexibility index (Phi) is 8.35. The second-order valence-electron chi connectivity index (χ2n) is 9.09. The van der Waals surface area contributed by atoms with Gasteiger partial charge in [0, 0.05) is 11.1 Å². The van der Waals surface area contributed by atoms with Crippen LogP contribution < -0.4 is 16.2 Å². The van der Waals surface area contributed by atoms with Gasteiger partial charge >= 0.3 is 0 Å². The van der Waals surface area contributed by atoms with Gasteiger partial charge in [0.2, 0.25) is 15.9 Å². The van der Waals surface area contributed by atoms with Crippen molar-refractivity contribution >= 4 is 22.0 Å². The first-order valence-corrected chi connectivity index (χ1v) is 13.1. The molecule has 0 aliphatic carbocycles. The molecule has 0 radical (unpaired) electrons. The van der Waals surface area contributed by atoms with Gasteiger partial charge in [-0.25, -0.2) is 22.5 Å². The molecule has 10 heteroatoms. The van der Waals surface area contributed by atoms with Crippen molar-refractivity contribution in [1.82, 2.24) is 4.72 Å². The van der Waals surface area contributed by atoms with Crippen molar-refractivity contribution in [3.8, 4) is 11.1 Å². The van der Waals surface area contributed by atoms with Gasteiger partial charge in [0.15, 0.2) is 0 Å². The van der Waals surface area contributed by atoms with E-state index in [0.717, 1.165) is 11.1 Å². The van der Waals surface area contributed by atoms with Crippen molar-refractivity contribution < 1.29 is 22.3 Å². The summed E-state index contributed by atoms with van der Waals surface area (Å²) in [4.78, 5) is 15.6. The molecule has 1 fully saturated rings. The SMILES string of the molecule is C=C/C=C(\C(=C)F)[C@H](CCN)N=C1NS(=O)(=O)C(c2ccc(-c3ccc(C(N)=O)cc3)cc2)C(C)(C)O1. The van der Waals surface area contributed by atoms with Crippen LogP contribution in [-0.4, -0.2) is 38.5 Å². The first kappa shape index (κ1) is 27.8. The maximum absolute atomic E-state index is 14.1. The fourth-order valence-electron chi connectivity index (χ4n) is 4.29. The van der Waals surface area contributed by atoms with E-state index in [0.29, 0.717) is 11.1 Å². The molecule has 37 heavy (non-hydrogen) atoms. The summed E-state index contributed by atoms with van der Waals surface area (Å²) in [6, 6.07) is 12.7. The number of halogens is 1. The standard InChI is InChI=1S/C27H31FN4O4S/c1-5-6-22(17(2)28)23(15-16-29)31-26-32-37(34,35)24(27(3,4)36-26)20-11-7-18(8-12-20)19-9-13-21(14-10-19)25(30)33/h5-14,23-24H,1-2,15-16,29H2,3-4H3,(H2,30,33)(H,31,32)/b22-6+/t23-,24?/m0/s1. The Morgan fingerprint density at radius 3 is 2.22 bits per heavy atom. The minimum atomic E-state index is -3.99. The van der Waals surface area contributed by atoms with E-state index >= 15 is 0 Å². The number of nitrogens with one attached hydrogen (secondary N) is 1. The van der Waals surface area contributed by atoms with Gasteiger partial charge in [-0.05, 0) is 55.6 Å². The Hall–Kier alpha value is -3.76. The lowest BCUT2D eigenvalue weighted by Gasteiger charge is -2.39. The number of primary amides is 1. The van der Waals surface area contributed by atoms with E-state index in [4.69, 9.17) is 16.2 Å². The zero-order chi connectivity index (χ0) is 27.4. The molecule has 196 valence electrons. The summed E-state index contributed by atoms with van der Waals surface area (Å²) < 4.78 is 49.2. The zero-order valence-electron chi connectivity index (χ0n) is 20.8. The average Bonchev–Trinajstić information content (AvgIpc) is 2.81. The highest BCUT2D eigenvalue weighted by molar-refractivity contribution is 7.90. The van der Waals surface area contributed by atoms with Crippen LogP contribution in [0, 0.1) is 0 Å². The van der Waals surface area contributed by atoms with Crippen molar-refractivity contribution in [2.24, 2.45) is 16.5 Å². The van der Waals surface area contributed by atoms with Gasteiger partial charge in [-0.2, -0.15) is 0 Å². The van der Waals surface area contributed by atoms with Crippen molar-refractivity contribution in [1.29, 1.82) is 0 Å². The second-order valence-corrected chi connectivity index (χ2v) is 10.9. The van der Waals surface area contributed by atoms with Crippen LogP contribution in [0.4, 0.5) is 4.39 Å². The van der Waals surface area contributed by atoms with Gasteiger partial charge in [0.25, 0.3) is 6.02 Å². The number of hydrogen-bond acceptors (Lipinski definition) is 6. The van der Waals surface area contributed by atoms with Crippen molar-refractivity contribution in [2.75, 3.05) is 6.54 Å². The third-order valence-corrected chi connectivity index (χ3v) is 7.85. The first-order valence-electron chi connectivity index (χ1n) is 11.6. The summed E-state index contributed by atoms with van der Waals surface area (Å²) in [5, 5.41) is -1.06. The van der Waals surface area contributed by atoms with Gasteiger partial charge in [-0.1, -0.05) is 61.7 Å². The van der Waals surface area contributed by atoms with Crippen LogP contribution in [0.2, 0.25) is 0 Å². The van der Waals surface area contributed by atoms with Crippen molar-refractivity contribution in [2.45, 2.75) is 37.2 Å². The number of amides is 1. The lowest BCUT2D eigenvalue weighted by Crippen LogP contribution is -2.53. The van der Waals surface area contributed by atoms with Crippen molar-refractivity contribution in [3.05, 3.63) is 96.4 Å². The number of aliphatic imine (C=N–C) groups is 1. The van der Waals surface area contributed by atoms with E-state index in [-0.39, 0.29) is 24.6 Å². The van der Waals surface area contributed by atoms with Crippen LogP contribution >= 0.6 is 0 Å². The monoisotopic (exact) mass is 526 g/mol. The van der Waals surface area contributed by atoms with Gasteiger partial charge in [0.05, 0.1) is 6.04 Å². The lowest BCUT2D eigenvalue weighted by atomic mass is 9.95. The molecule has 5 N–H and O–H groups in total. The number of allylic oxidation sites excluding steroid dienone is 2. The number of benzene rings is 2. The predicted octanol–water partition coefficient (Wildman–Crippen LogP) is 3.89. The van der Waals surface area contributed by atoms with Gasteiger partial charge in [0.1, 0.15) is 16.7 Å². The molecule has 1 heterocycles. The number of amidine groups is 1. The average molecular weight is 527 g/mol. The number of nitrogens with two attached hydrogens (primary N) is 2. The maximum atomic E-state index is 14.1. The van der Waals surface area contributed by atoms with Crippen LogP contribution in [0.25, 0.3) is 11.1 Å². The number of nitrogens with zero attached hydrogens (tertiary/aromatic N) is 1. The Morgan fingerprint density at radius 2 is 1.76 bits per heavy atom. The highest BCUT2D eigenvalue weighted by Crippen LogP contribution is 2.39. The molecule has 1 aliphatic heterocycles. The van der Waals surface area contributed by atoms with E-state index in [1.165, 1.54) is 12.2 Å². The largest absolute Gasteiger partial charge is 0.457 e. The van der Waals surface area contributed by atoms with Crippen LogP contribution in [0.5, 0.6) is 0 Å². The Labute approximate surface area is 216 Å². The molecule has 1 amide bonds. The van der Waals surface area contributed by atoms with Crippen LogP contribution in [-0.2, 0) is 14.8 Å². The molecular weight excluding hydrogens is 495 g/mol. The lowest BCUT2D eigenvalue weighted by molar-refractivity contribution is 0.0762. The molecule has 1 saturated heterocycles. The minimum absolute atomic E-state index is 0.134. The smallest absolute Gasteiger partial charge is 0.299 e. The molecule has 0 bridgehead atoms. The molecule has 0 aromatic heterocycles. The Balaban J connectivity index is 1.91. The van der Waals surface area contributed by atoms with E-state index in [9.17, 15) is 17.6 Å². The van der Waals surface area contributed by atoms with Crippen molar-refractivity contribution in [3.63, 3.8) is 0 Å². The molecule has 3 rings (SSSR count). The second kappa shape index (κ2) is 11.1. The van der Waals surface area contributed by atoms with Crippen LogP contribution in [0.1, 0.15) is 41.4 Å². The fourth-order valence-corrected chi connectivity index (χ4v) is 6.05. The molecule has 8 nitrogen and oxygen atoms in total. The van der Waals surface area contributed by atoms with Gasteiger partial charge in [-0.3, -0.25) is 4.79 Å². The fraction of sp³-hybridized carbons (Fsp3) is 0.259. The summed E-state index contributed by atoms with van der Waals surface area (Å²) in [5.41, 5.74) is 12.5. The molecule has 0 spiro atoms. The maximum Gasteiger partial charge on any atom is 0.299 e. The molecule has 1 aliphatic rings. The third kappa shape index (κ3) is 6.33. The summed E-state index contributed by atoms with van der Waals surface area (Å²) >= 11 is 0. The normalized spacial score (nSPS) is 20.4. The highest BCUT2D eigenvalue weighted by Gasteiger charge is 2.48. The Bertz CT molecular complexity index is 1350. The molecule has 1 unspecified atom stereocenters. The van der Waals surface area contributed by atoms with E-state index in [1.807, 2.05) is 0 Å². The number of carbonyl (C=O) groups is 1. The number of ether oxygens (including phenoxy) is 1. The van der Waals surface area contributed by atoms with Gasteiger partial charge in [-0.15, -0.1) is 0 Å². The number of rotatable bonds is 9. The zero-order valence-corrected chi connectivity index (χ0v) is 21.6. The Morgan fingerprint density at radius 1 is 1.19 bits per heavy atom. The molecule has 2 aromatic rings. The summed E-state index contributed by atoms with van der Waals surface area (Å²) in [6.45, 7) is 10.4. The third-order valence-electron chi connectivity index (χ3n) is 5.93. The van der Waals surface area contributed by atoms with E-state index in [2.05, 4.69) is 22.9 Å². The number of hydrogen-bond donors (Lipinski definition) is 3. The first-order chi connectivity index (χ1) is 17.4. The predicted molar refractivity (Wildman–Crippen MR) is 144 cm³/mol. The van der Waals surface area contributed by atoms with Gasteiger partial charge < -0.3 is 16.2 Å². The van der Waals surface area contributed by atoms with E-state index in [1.54, 1.807) is 62.4 Å². The van der Waals surface area contributed by atoms with E-state index < -0.39 is 38.7 Å². The van der Waals surface area contributed by atoms with Crippen LogP contribution in [0.3, 0.4) is 0 Å². The quantitative estimate of drug-likeness (QED) is 0.426. The molecular formula is C27H31FN4O4S. The number of sulfonamides is 1. The number of carbonyl (C=O) groups excluding carboxylic acids is 1. The highest BCUT2D eigenvalue weighted by atomic mass is 32.2. The molecule has 0 saturated carbocycles. The minimum Gasteiger partial charge on any atom is -0.457 e. The summed E-state index contributed by atoms with van der Waals surface area (Å²) in [7, 11) is -3.99.